The van der Waals surface area contributed by atoms with Gasteiger partial charge in [-0.25, -0.2) is 13.1 Å². The van der Waals surface area contributed by atoms with Crippen LogP contribution in [0.25, 0.3) is 11.4 Å². The highest BCUT2D eigenvalue weighted by Gasteiger charge is 2.18. The summed E-state index contributed by atoms with van der Waals surface area (Å²) in [6.07, 6.45) is 0. The molecule has 0 saturated carbocycles. The van der Waals surface area contributed by atoms with Gasteiger partial charge >= 0.3 is 0 Å². The zero-order valence-electron chi connectivity index (χ0n) is 13.1. The third kappa shape index (κ3) is 4.55. The van der Waals surface area contributed by atoms with E-state index in [-0.39, 0.29) is 34.1 Å². The van der Waals surface area contributed by atoms with E-state index in [4.69, 9.17) is 39.3 Å². The quantitative estimate of drug-likeness (QED) is 0.627. The number of nitrogens with one attached hydrogen (secondary N) is 1. The molecule has 0 amide bonds. The first-order valence-corrected chi connectivity index (χ1v) is 10.1. The number of nitrogens with zero attached hydrogens (tertiary/aromatic N) is 2. The summed E-state index contributed by atoms with van der Waals surface area (Å²) in [7, 11) is -3.71. The van der Waals surface area contributed by atoms with Crippen LogP contribution in [0.2, 0.25) is 15.1 Å². The van der Waals surface area contributed by atoms with E-state index in [0.717, 1.165) is 0 Å². The molecule has 26 heavy (non-hydrogen) atoms. The summed E-state index contributed by atoms with van der Waals surface area (Å²) in [6.45, 7) is -0.165. The summed E-state index contributed by atoms with van der Waals surface area (Å²) >= 11 is 18.1. The highest BCUT2D eigenvalue weighted by molar-refractivity contribution is 7.88. The molecule has 6 nitrogen and oxygen atoms in total. The molecule has 0 aliphatic rings. The highest BCUT2D eigenvalue weighted by Crippen LogP contribution is 2.26. The van der Waals surface area contributed by atoms with Crippen molar-refractivity contribution < 1.29 is 12.9 Å². The van der Waals surface area contributed by atoms with E-state index >= 15 is 0 Å². The molecule has 0 fully saturated rings. The summed E-state index contributed by atoms with van der Waals surface area (Å²) in [5.41, 5.74) is 0.917. The number of sulfonamides is 1. The Labute approximate surface area is 165 Å². The fraction of sp³-hybridized carbons (Fsp3) is 0.125. The molecule has 1 N–H and O–H groups in total. The van der Waals surface area contributed by atoms with Crippen molar-refractivity contribution in [3.05, 3.63) is 69.0 Å². The number of benzene rings is 2. The normalized spacial score (nSPS) is 11.7. The Morgan fingerprint density at radius 3 is 2.31 bits per heavy atom. The van der Waals surface area contributed by atoms with Crippen LogP contribution in [0, 0.1) is 0 Å². The van der Waals surface area contributed by atoms with Crippen molar-refractivity contribution in [2.24, 2.45) is 0 Å². The predicted molar refractivity (Wildman–Crippen MR) is 101 cm³/mol. The Balaban J connectivity index is 1.70. The first kappa shape index (κ1) is 19.1. The van der Waals surface area contributed by atoms with Crippen LogP contribution in [0.4, 0.5) is 0 Å². The highest BCUT2D eigenvalue weighted by atomic mass is 35.5. The molecule has 3 aromatic rings. The average molecular weight is 433 g/mol. The van der Waals surface area contributed by atoms with Gasteiger partial charge in [-0.2, -0.15) is 4.98 Å². The lowest BCUT2D eigenvalue weighted by molar-refractivity contribution is 0.376. The van der Waals surface area contributed by atoms with Gasteiger partial charge in [-0.3, -0.25) is 0 Å². The van der Waals surface area contributed by atoms with Crippen LogP contribution in [-0.2, 0) is 22.3 Å². The van der Waals surface area contributed by atoms with Gasteiger partial charge in [-0.15, -0.1) is 0 Å². The van der Waals surface area contributed by atoms with Gasteiger partial charge in [0.15, 0.2) is 0 Å². The van der Waals surface area contributed by atoms with Crippen LogP contribution in [0.1, 0.15) is 11.5 Å². The minimum Gasteiger partial charge on any atom is -0.338 e. The van der Waals surface area contributed by atoms with Crippen molar-refractivity contribution >= 4 is 44.8 Å². The zero-order valence-corrected chi connectivity index (χ0v) is 16.2. The van der Waals surface area contributed by atoms with Crippen LogP contribution >= 0.6 is 34.8 Å². The van der Waals surface area contributed by atoms with Gasteiger partial charge < -0.3 is 4.52 Å². The molecule has 0 radical (unpaired) electrons. The molecular weight excluding hydrogens is 421 g/mol. The molecule has 0 unspecified atom stereocenters. The molecule has 0 spiro atoms. The van der Waals surface area contributed by atoms with E-state index < -0.39 is 10.0 Å². The van der Waals surface area contributed by atoms with Crippen LogP contribution < -0.4 is 4.72 Å². The summed E-state index contributed by atoms with van der Waals surface area (Å²) < 4.78 is 32.0. The van der Waals surface area contributed by atoms with Gasteiger partial charge in [0.1, 0.15) is 0 Å². The zero-order chi connectivity index (χ0) is 18.7. The minimum atomic E-state index is -3.71. The summed E-state index contributed by atoms with van der Waals surface area (Å²) in [5, 5.41) is 4.84. The van der Waals surface area contributed by atoms with Crippen molar-refractivity contribution in [3.63, 3.8) is 0 Å². The maximum Gasteiger partial charge on any atom is 0.242 e. The van der Waals surface area contributed by atoms with Gasteiger partial charge in [-0.05, 0) is 24.3 Å². The topological polar surface area (TPSA) is 85.1 Å². The van der Waals surface area contributed by atoms with Gasteiger partial charge in [0.25, 0.3) is 0 Å². The van der Waals surface area contributed by atoms with Crippen molar-refractivity contribution in [3.8, 4) is 11.4 Å². The van der Waals surface area contributed by atoms with Crippen molar-refractivity contribution in [2.45, 2.75) is 12.3 Å². The van der Waals surface area contributed by atoms with E-state index in [1.54, 1.807) is 42.5 Å². The first-order valence-electron chi connectivity index (χ1n) is 7.33. The second-order valence-electron chi connectivity index (χ2n) is 5.27. The van der Waals surface area contributed by atoms with E-state index in [0.29, 0.717) is 16.1 Å². The lowest BCUT2D eigenvalue weighted by atomic mass is 10.2. The van der Waals surface area contributed by atoms with Crippen LogP contribution in [0.3, 0.4) is 0 Å². The second kappa shape index (κ2) is 7.94. The lowest BCUT2D eigenvalue weighted by Crippen LogP contribution is -2.25. The molecule has 0 bridgehead atoms. The third-order valence-electron chi connectivity index (χ3n) is 3.42. The molecule has 10 heteroatoms. The SMILES string of the molecule is O=S(=O)(Cc1c(Cl)cccc1Cl)NCc1nc(-c2ccccc2Cl)no1. The first-order chi connectivity index (χ1) is 12.4. The molecule has 3 rings (SSSR count). The monoisotopic (exact) mass is 431 g/mol. The summed E-state index contributed by atoms with van der Waals surface area (Å²) in [4.78, 5) is 4.15. The Morgan fingerprint density at radius 2 is 1.62 bits per heavy atom. The number of hydrogen-bond acceptors (Lipinski definition) is 5. The van der Waals surface area contributed by atoms with Crippen molar-refractivity contribution in [1.82, 2.24) is 14.9 Å². The summed E-state index contributed by atoms with van der Waals surface area (Å²) in [5.74, 6) is 0.0181. The Hall–Kier alpha value is -1.64. The molecule has 1 heterocycles. The van der Waals surface area contributed by atoms with Gasteiger partial charge in [0, 0.05) is 21.2 Å². The van der Waals surface area contributed by atoms with E-state index in [9.17, 15) is 8.42 Å². The fourth-order valence-corrected chi connectivity index (χ4v) is 4.21. The van der Waals surface area contributed by atoms with Crippen LogP contribution in [-0.4, -0.2) is 18.6 Å². The van der Waals surface area contributed by atoms with Crippen molar-refractivity contribution in [2.75, 3.05) is 0 Å². The van der Waals surface area contributed by atoms with E-state index in [2.05, 4.69) is 14.9 Å². The Kier molecular flexibility index (Phi) is 5.84. The number of aromatic nitrogens is 2. The maximum atomic E-state index is 12.3. The van der Waals surface area contributed by atoms with Crippen LogP contribution in [0.5, 0.6) is 0 Å². The van der Waals surface area contributed by atoms with Gasteiger partial charge in [0.05, 0.1) is 17.3 Å². The molecule has 136 valence electrons. The maximum absolute atomic E-state index is 12.3. The van der Waals surface area contributed by atoms with E-state index in [1.165, 1.54) is 0 Å². The van der Waals surface area contributed by atoms with E-state index in [1.807, 2.05) is 0 Å². The molecule has 0 atom stereocenters. The predicted octanol–water partition coefficient (Wildman–Crippen LogP) is 4.32. The van der Waals surface area contributed by atoms with Crippen molar-refractivity contribution in [1.29, 1.82) is 0 Å². The number of hydrogen-bond donors (Lipinski definition) is 1. The standard InChI is InChI=1S/C16H12Cl3N3O3S/c17-12-5-2-1-4-10(12)16-21-15(25-22-16)8-20-26(23,24)9-11-13(18)6-3-7-14(11)19/h1-7,20H,8-9H2. The van der Waals surface area contributed by atoms with Gasteiger partial charge in [0.2, 0.25) is 21.7 Å². The number of halogens is 3. The van der Waals surface area contributed by atoms with Crippen LogP contribution in [0.15, 0.2) is 47.0 Å². The smallest absolute Gasteiger partial charge is 0.242 e. The molecular formula is C16H12Cl3N3O3S. The number of rotatable bonds is 6. The average Bonchev–Trinajstić information content (AvgIpc) is 3.06. The molecule has 0 saturated heterocycles. The third-order valence-corrected chi connectivity index (χ3v) is 5.71. The molecule has 0 aliphatic carbocycles. The molecule has 0 aliphatic heterocycles. The Morgan fingerprint density at radius 1 is 0.962 bits per heavy atom. The van der Waals surface area contributed by atoms with Gasteiger partial charge in [-0.1, -0.05) is 58.2 Å². The second-order valence-corrected chi connectivity index (χ2v) is 8.30. The largest absolute Gasteiger partial charge is 0.338 e. The lowest BCUT2D eigenvalue weighted by Gasteiger charge is -2.08. The molecule has 1 aromatic heterocycles. The molecule has 2 aromatic carbocycles. The Bertz CT molecular complexity index is 1020. The summed E-state index contributed by atoms with van der Waals surface area (Å²) in [6, 6.07) is 11.8. The minimum absolute atomic E-state index is 0.105. The fourth-order valence-electron chi connectivity index (χ4n) is 2.16.